The molecule has 0 unspecified atom stereocenters. The van der Waals surface area contributed by atoms with Crippen LogP contribution in [0.25, 0.3) is 5.57 Å². The Morgan fingerprint density at radius 1 is 1.16 bits per heavy atom. The van der Waals surface area contributed by atoms with Crippen LogP contribution in [0.5, 0.6) is 0 Å². The molecule has 6 nitrogen and oxygen atoms in total. The van der Waals surface area contributed by atoms with Crippen LogP contribution in [0.2, 0.25) is 0 Å². The molecule has 2 aromatic rings. The van der Waals surface area contributed by atoms with Crippen LogP contribution >= 0.6 is 0 Å². The fourth-order valence-corrected chi connectivity index (χ4v) is 5.36. The summed E-state index contributed by atoms with van der Waals surface area (Å²) in [6.45, 7) is 7.04. The monoisotopic (exact) mass is 426 g/mol. The number of hydrogen-bond acceptors (Lipinski definition) is 3. The zero-order valence-corrected chi connectivity index (χ0v) is 18.6. The Morgan fingerprint density at radius 3 is 2.35 bits per heavy atom. The predicted octanol–water partition coefficient (Wildman–Crippen LogP) is 5.18. The highest BCUT2D eigenvalue weighted by molar-refractivity contribution is 6.58. The molecule has 0 radical (unpaired) electrons. The molecule has 0 N–H and O–H groups in total. The molecule has 9 heteroatoms. The molecule has 0 fully saturated rings. The fraction of sp³-hybridized carbons (Fsp3) is 0.364. The number of allylic oxidation sites excluding steroid dienone is 2. The van der Waals surface area contributed by atoms with Crippen LogP contribution in [0.3, 0.4) is 0 Å². The zero-order valence-electron chi connectivity index (χ0n) is 18.6. The molecular weight excluding hydrogens is 401 g/mol. The molecule has 0 bridgehead atoms. The van der Waals surface area contributed by atoms with Crippen molar-refractivity contribution in [1.82, 2.24) is 9.46 Å². The van der Waals surface area contributed by atoms with Gasteiger partial charge in [0.25, 0.3) is 5.69 Å². The fourth-order valence-electron chi connectivity index (χ4n) is 5.36. The van der Waals surface area contributed by atoms with Crippen LogP contribution in [0, 0.1) is 24.0 Å². The van der Waals surface area contributed by atoms with E-state index in [-0.39, 0.29) is 5.69 Å². The second kappa shape index (κ2) is 6.97. The van der Waals surface area contributed by atoms with E-state index in [9.17, 15) is 10.1 Å². The number of hydrogen-bond donors (Lipinski definition) is 0. The number of nitro groups is 1. The second-order valence-corrected chi connectivity index (χ2v) is 8.14. The molecule has 0 atom stereocenters. The summed E-state index contributed by atoms with van der Waals surface area (Å²) < 4.78 is 34.5. The number of rotatable bonds is 4. The molecule has 0 saturated carbocycles. The van der Waals surface area contributed by atoms with Gasteiger partial charge in [-0.15, -0.1) is 0 Å². The smallest absolute Gasteiger partial charge is 0.393 e. The third-order valence-corrected chi connectivity index (χ3v) is 6.71. The summed E-state index contributed by atoms with van der Waals surface area (Å²) in [5.74, 6) is 0. The number of nitrogens with zero attached hydrogens (tertiary/aromatic N) is 4. The van der Waals surface area contributed by atoms with Crippen molar-refractivity contribution < 1.29 is 18.0 Å². The third-order valence-electron chi connectivity index (χ3n) is 6.71. The molecule has 0 saturated heterocycles. The van der Waals surface area contributed by atoms with E-state index in [1.807, 2.05) is 27.7 Å². The maximum atomic E-state index is 16.1. The first kappa shape index (κ1) is 21.1. The molecule has 4 rings (SSSR count). The quantitative estimate of drug-likeness (QED) is 0.385. The van der Waals surface area contributed by atoms with E-state index in [0.717, 1.165) is 22.3 Å². The predicted molar refractivity (Wildman–Crippen MR) is 117 cm³/mol. The van der Waals surface area contributed by atoms with Crippen LogP contribution in [0.4, 0.5) is 14.3 Å². The molecule has 4 heterocycles. The average molecular weight is 426 g/mol. The summed E-state index contributed by atoms with van der Waals surface area (Å²) in [5, 5.41) is 11.1. The van der Waals surface area contributed by atoms with Gasteiger partial charge in [0, 0.05) is 29.8 Å². The van der Waals surface area contributed by atoms with Crippen LogP contribution in [-0.2, 0) is 6.42 Å². The van der Waals surface area contributed by atoms with Gasteiger partial charge in [-0.05, 0) is 56.5 Å². The van der Waals surface area contributed by atoms with Crippen molar-refractivity contribution in [1.29, 1.82) is 0 Å². The molecular formula is C22H25BF2N4O2. The van der Waals surface area contributed by atoms with E-state index in [1.54, 1.807) is 19.9 Å². The van der Waals surface area contributed by atoms with E-state index in [4.69, 9.17) is 0 Å². The average Bonchev–Trinajstić information content (AvgIpc) is 3.13. The lowest BCUT2D eigenvalue weighted by molar-refractivity contribution is -0.385. The van der Waals surface area contributed by atoms with Gasteiger partial charge in [-0.2, -0.15) is 0 Å². The molecule has 0 spiro atoms. The van der Waals surface area contributed by atoms with Crippen LogP contribution in [0.15, 0.2) is 35.2 Å². The molecule has 0 aromatic carbocycles. The number of aromatic nitrogens is 2. The Bertz CT molecular complexity index is 1240. The van der Waals surface area contributed by atoms with Gasteiger partial charge in [-0.1, -0.05) is 13.8 Å². The molecule has 2 aliphatic rings. The van der Waals surface area contributed by atoms with Crippen molar-refractivity contribution in [2.45, 2.75) is 54.4 Å². The first-order chi connectivity index (χ1) is 14.6. The van der Waals surface area contributed by atoms with Gasteiger partial charge in [0.15, 0.2) is 5.70 Å². The van der Waals surface area contributed by atoms with Gasteiger partial charge in [-0.25, -0.2) is 4.98 Å². The van der Waals surface area contributed by atoms with Crippen LogP contribution in [-0.4, -0.2) is 31.6 Å². The molecule has 0 aliphatic carbocycles. The highest BCUT2D eigenvalue weighted by atomic mass is 19.2. The van der Waals surface area contributed by atoms with Crippen molar-refractivity contribution in [3.63, 3.8) is 0 Å². The van der Waals surface area contributed by atoms with E-state index in [2.05, 4.69) is 4.98 Å². The van der Waals surface area contributed by atoms with Crippen LogP contribution < -0.4 is 0 Å². The molecule has 162 valence electrons. The number of halogens is 2. The summed E-state index contributed by atoms with van der Waals surface area (Å²) in [5.41, 5.74) is 6.33. The van der Waals surface area contributed by atoms with Gasteiger partial charge < -0.3 is 17.6 Å². The van der Waals surface area contributed by atoms with E-state index < -0.39 is 11.9 Å². The zero-order chi connectivity index (χ0) is 22.8. The van der Waals surface area contributed by atoms with Crippen molar-refractivity contribution >= 4 is 23.9 Å². The minimum Gasteiger partial charge on any atom is -0.393 e. The third kappa shape index (κ3) is 2.68. The summed E-state index contributed by atoms with van der Waals surface area (Å²) in [6, 6.07) is 2.93. The lowest BCUT2D eigenvalue weighted by Gasteiger charge is -2.33. The Labute approximate surface area is 179 Å². The van der Waals surface area contributed by atoms with Gasteiger partial charge in [0.2, 0.25) is 0 Å². The van der Waals surface area contributed by atoms with Crippen molar-refractivity contribution in [3.05, 3.63) is 73.5 Å². The standard InChI is InChI=1S/C22H25BF2N4O2/c1-7-17-12(3)21-20(19-10-9-16(11-26-19)29(30)31)22-13(4)18(8-2)15(6)28(22)23(24,25)27(21)14(17)5/h9-11H,7-8H2,1-6H3. The first-order valence-corrected chi connectivity index (χ1v) is 10.5. The number of pyridine rings is 1. The minimum atomic E-state index is -4.10. The lowest BCUT2D eigenvalue weighted by atomic mass is 9.85. The summed E-state index contributed by atoms with van der Waals surface area (Å²) in [6.07, 6.45) is 2.46. The van der Waals surface area contributed by atoms with Crippen molar-refractivity contribution in [2.75, 3.05) is 0 Å². The van der Waals surface area contributed by atoms with E-state index >= 15 is 8.63 Å². The molecule has 2 aromatic heterocycles. The van der Waals surface area contributed by atoms with Crippen LogP contribution in [0.1, 0.15) is 62.3 Å². The van der Waals surface area contributed by atoms with E-state index in [0.29, 0.717) is 46.9 Å². The summed E-state index contributed by atoms with van der Waals surface area (Å²) >= 11 is 0. The Morgan fingerprint density at radius 2 is 1.84 bits per heavy atom. The second-order valence-electron chi connectivity index (χ2n) is 8.14. The highest BCUT2D eigenvalue weighted by Crippen LogP contribution is 2.46. The molecule has 2 aliphatic heterocycles. The molecule has 0 amide bonds. The molecule has 31 heavy (non-hydrogen) atoms. The highest BCUT2D eigenvalue weighted by Gasteiger charge is 2.56. The lowest BCUT2D eigenvalue weighted by Crippen LogP contribution is -2.51. The van der Waals surface area contributed by atoms with Gasteiger partial charge >= 0.3 is 6.97 Å². The largest absolute Gasteiger partial charge is 0.737 e. The topological polar surface area (TPSA) is 64.0 Å². The number of fused-ring (bicyclic) bond motifs is 2. The normalized spacial score (nSPS) is 17.4. The maximum Gasteiger partial charge on any atom is 0.737 e. The van der Waals surface area contributed by atoms with E-state index in [1.165, 1.54) is 21.2 Å². The SMILES string of the molecule is CCC1=C(C)C2=C(c3ccc([N+](=O)[O-])cn3)c3c(C)c(CC)c(C)n3[B-](F)(F)[N+]2=C1C. The van der Waals surface area contributed by atoms with Gasteiger partial charge in [0.05, 0.1) is 16.2 Å². The van der Waals surface area contributed by atoms with Crippen molar-refractivity contribution in [3.8, 4) is 0 Å². The Balaban J connectivity index is 2.17. The maximum absolute atomic E-state index is 16.1. The van der Waals surface area contributed by atoms with Gasteiger partial charge in [0.1, 0.15) is 11.9 Å². The summed E-state index contributed by atoms with van der Waals surface area (Å²) in [4.78, 5) is 14.9. The van der Waals surface area contributed by atoms with Gasteiger partial charge in [-0.3, -0.25) is 10.1 Å². The summed E-state index contributed by atoms with van der Waals surface area (Å²) in [7, 11) is 0. The Kier molecular flexibility index (Phi) is 4.75. The first-order valence-electron chi connectivity index (χ1n) is 10.5. The van der Waals surface area contributed by atoms with Crippen molar-refractivity contribution in [2.24, 2.45) is 0 Å². The minimum absolute atomic E-state index is 0.134. The Hall–Kier alpha value is -3.10.